The molecule has 1 aromatic heterocycles. The van der Waals surface area contributed by atoms with Crippen molar-refractivity contribution in [2.24, 2.45) is 7.05 Å². The number of nitrogens with one attached hydrogen (secondary N) is 1. The molecule has 1 heterocycles. The Morgan fingerprint density at radius 1 is 1.53 bits per heavy atom. The zero-order chi connectivity index (χ0) is 13.2. The summed E-state index contributed by atoms with van der Waals surface area (Å²) in [6.45, 7) is 5.05. The number of amides is 1. The van der Waals surface area contributed by atoms with Gasteiger partial charge < -0.3 is 4.74 Å². The number of nitrogens with zero attached hydrogens (tertiary/aromatic N) is 2. The van der Waals surface area contributed by atoms with Crippen molar-refractivity contribution in [3.8, 4) is 0 Å². The molecule has 0 bridgehead atoms. The summed E-state index contributed by atoms with van der Waals surface area (Å²) >= 11 is 0. The van der Waals surface area contributed by atoms with Crippen LogP contribution in [0.5, 0.6) is 0 Å². The summed E-state index contributed by atoms with van der Waals surface area (Å²) in [7, 11) is 1.49. The van der Waals surface area contributed by atoms with E-state index in [1.807, 2.05) is 0 Å². The van der Waals surface area contributed by atoms with E-state index in [2.05, 4.69) is 10.4 Å². The average molecular weight is 247 g/mol. The van der Waals surface area contributed by atoms with Crippen LogP contribution in [-0.2, 0) is 11.8 Å². The van der Waals surface area contributed by atoms with E-state index >= 15 is 0 Å². The smallest absolute Gasteiger partial charge is 0.412 e. The molecule has 0 saturated carbocycles. The van der Waals surface area contributed by atoms with Crippen LogP contribution in [0.1, 0.15) is 32.9 Å². The van der Waals surface area contributed by atoms with Gasteiger partial charge >= 0.3 is 6.09 Å². The third-order valence-corrected chi connectivity index (χ3v) is 1.70. The molecule has 0 aliphatic carbocycles. The van der Waals surface area contributed by atoms with Crippen LogP contribution in [-0.4, -0.2) is 21.5 Å². The number of hydrogen-bond acceptors (Lipinski definition) is 3. The first-order valence-electron chi connectivity index (χ1n) is 5.01. The summed E-state index contributed by atoms with van der Waals surface area (Å²) in [6.07, 6.45) is -2.24. The zero-order valence-corrected chi connectivity index (χ0v) is 10.1. The molecule has 0 atom stereocenters. The van der Waals surface area contributed by atoms with Crippen molar-refractivity contribution in [1.82, 2.24) is 9.78 Å². The van der Waals surface area contributed by atoms with Crippen LogP contribution in [0.2, 0.25) is 0 Å². The van der Waals surface area contributed by atoms with E-state index < -0.39 is 23.8 Å². The van der Waals surface area contributed by atoms with Gasteiger partial charge in [-0.25, -0.2) is 13.6 Å². The highest BCUT2D eigenvalue weighted by molar-refractivity contribution is 5.85. The molecule has 96 valence electrons. The van der Waals surface area contributed by atoms with Gasteiger partial charge in [-0.1, -0.05) is 0 Å². The van der Waals surface area contributed by atoms with Crippen LogP contribution in [0.3, 0.4) is 0 Å². The molecule has 1 rings (SSSR count). The Balaban J connectivity index is 2.78. The van der Waals surface area contributed by atoms with Gasteiger partial charge in [0, 0.05) is 13.2 Å². The van der Waals surface area contributed by atoms with Gasteiger partial charge in [-0.2, -0.15) is 5.10 Å². The summed E-state index contributed by atoms with van der Waals surface area (Å²) in [5.74, 6) is 0. The largest absolute Gasteiger partial charge is 0.444 e. The molecule has 0 spiro atoms. The number of carbonyl (C=O) groups excluding carboxylic acids is 1. The topological polar surface area (TPSA) is 56.2 Å². The van der Waals surface area contributed by atoms with Crippen molar-refractivity contribution < 1.29 is 18.3 Å². The Morgan fingerprint density at radius 2 is 2.12 bits per heavy atom. The molecule has 5 nitrogen and oxygen atoms in total. The third kappa shape index (κ3) is 4.01. The standard InChI is InChI=1S/C10H15F2N3O2/c1-10(2,3)17-9(16)13-6-5-15(4)14-7(6)8(11)12/h5,8H,1-4H3,(H,13,16). The van der Waals surface area contributed by atoms with Crippen LogP contribution < -0.4 is 5.32 Å². The summed E-state index contributed by atoms with van der Waals surface area (Å²) in [6, 6.07) is 0. The molecular weight excluding hydrogens is 232 g/mol. The van der Waals surface area contributed by atoms with Gasteiger partial charge in [-0.05, 0) is 20.8 Å². The third-order valence-electron chi connectivity index (χ3n) is 1.70. The molecule has 0 aliphatic rings. The van der Waals surface area contributed by atoms with Gasteiger partial charge in [-0.3, -0.25) is 10.00 Å². The van der Waals surface area contributed by atoms with Crippen molar-refractivity contribution >= 4 is 11.8 Å². The number of ether oxygens (including phenoxy) is 1. The Kier molecular flexibility index (Phi) is 3.69. The summed E-state index contributed by atoms with van der Waals surface area (Å²) < 4.78 is 31.3. The van der Waals surface area contributed by atoms with E-state index in [0.717, 1.165) is 0 Å². The van der Waals surface area contributed by atoms with E-state index in [1.54, 1.807) is 20.8 Å². The highest BCUT2D eigenvalue weighted by atomic mass is 19.3. The van der Waals surface area contributed by atoms with Gasteiger partial charge in [0.1, 0.15) is 5.60 Å². The number of carbonyl (C=O) groups is 1. The normalized spacial score (nSPS) is 11.7. The maximum atomic E-state index is 12.6. The lowest BCUT2D eigenvalue weighted by Gasteiger charge is -2.19. The van der Waals surface area contributed by atoms with Gasteiger partial charge in [-0.15, -0.1) is 0 Å². The minimum Gasteiger partial charge on any atom is -0.444 e. The monoisotopic (exact) mass is 247 g/mol. The highest BCUT2D eigenvalue weighted by Gasteiger charge is 2.22. The van der Waals surface area contributed by atoms with E-state index in [4.69, 9.17) is 4.74 Å². The zero-order valence-electron chi connectivity index (χ0n) is 10.1. The molecule has 0 aliphatic heterocycles. The molecule has 0 radical (unpaired) electrons. The Hall–Kier alpha value is -1.66. The fourth-order valence-electron chi connectivity index (χ4n) is 1.18. The van der Waals surface area contributed by atoms with Crippen LogP contribution >= 0.6 is 0 Å². The van der Waals surface area contributed by atoms with Crippen LogP contribution in [0.15, 0.2) is 6.20 Å². The maximum Gasteiger partial charge on any atom is 0.412 e. The lowest BCUT2D eigenvalue weighted by atomic mass is 10.2. The number of aromatic nitrogens is 2. The summed E-state index contributed by atoms with van der Waals surface area (Å²) in [5, 5.41) is 5.80. The molecule has 1 N–H and O–H groups in total. The fourth-order valence-corrected chi connectivity index (χ4v) is 1.18. The first-order chi connectivity index (χ1) is 7.69. The van der Waals surface area contributed by atoms with E-state index in [-0.39, 0.29) is 5.69 Å². The van der Waals surface area contributed by atoms with Crippen LogP contribution in [0.4, 0.5) is 19.3 Å². The molecule has 0 fully saturated rings. The average Bonchev–Trinajstić information content (AvgIpc) is 2.42. The predicted octanol–water partition coefficient (Wildman–Crippen LogP) is 2.70. The summed E-state index contributed by atoms with van der Waals surface area (Å²) in [4.78, 5) is 11.4. The Bertz CT molecular complexity index is 410. The number of alkyl halides is 2. The number of rotatable bonds is 2. The number of halogens is 2. The fraction of sp³-hybridized carbons (Fsp3) is 0.600. The lowest BCUT2D eigenvalue weighted by Crippen LogP contribution is -2.27. The lowest BCUT2D eigenvalue weighted by molar-refractivity contribution is 0.0635. The summed E-state index contributed by atoms with van der Waals surface area (Å²) in [5.41, 5.74) is -1.20. The molecule has 7 heteroatoms. The quantitative estimate of drug-likeness (QED) is 0.874. The van der Waals surface area contributed by atoms with Crippen LogP contribution in [0, 0.1) is 0 Å². The molecule has 17 heavy (non-hydrogen) atoms. The molecule has 0 aromatic carbocycles. The van der Waals surface area contributed by atoms with E-state index in [1.165, 1.54) is 17.9 Å². The van der Waals surface area contributed by atoms with Crippen LogP contribution in [0.25, 0.3) is 0 Å². The molecule has 1 amide bonds. The first-order valence-corrected chi connectivity index (χ1v) is 5.01. The number of anilines is 1. The molecule has 0 unspecified atom stereocenters. The van der Waals surface area contributed by atoms with Gasteiger partial charge in [0.05, 0.1) is 5.69 Å². The van der Waals surface area contributed by atoms with Crippen molar-refractivity contribution in [2.75, 3.05) is 5.32 Å². The minimum absolute atomic E-state index is 0.0447. The van der Waals surface area contributed by atoms with Gasteiger partial charge in [0.15, 0.2) is 5.69 Å². The van der Waals surface area contributed by atoms with E-state index in [9.17, 15) is 13.6 Å². The highest BCUT2D eigenvalue weighted by Crippen LogP contribution is 2.25. The van der Waals surface area contributed by atoms with Crippen molar-refractivity contribution in [2.45, 2.75) is 32.8 Å². The second-order valence-electron chi connectivity index (χ2n) is 4.53. The van der Waals surface area contributed by atoms with Crippen molar-refractivity contribution in [3.63, 3.8) is 0 Å². The molecule has 1 aromatic rings. The number of aryl methyl sites for hydroxylation is 1. The second kappa shape index (κ2) is 4.68. The number of hydrogen-bond donors (Lipinski definition) is 1. The second-order valence-corrected chi connectivity index (χ2v) is 4.53. The Morgan fingerprint density at radius 3 is 2.59 bits per heavy atom. The first kappa shape index (κ1) is 13.4. The van der Waals surface area contributed by atoms with Crippen molar-refractivity contribution in [3.05, 3.63) is 11.9 Å². The van der Waals surface area contributed by atoms with E-state index in [0.29, 0.717) is 0 Å². The van der Waals surface area contributed by atoms with Gasteiger partial charge in [0.2, 0.25) is 0 Å². The predicted molar refractivity (Wildman–Crippen MR) is 58.0 cm³/mol. The Labute approximate surface area is 97.7 Å². The minimum atomic E-state index is -2.75. The van der Waals surface area contributed by atoms with Gasteiger partial charge in [0.25, 0.3) is 6.43 Å². The maximum absolute atomic E-state index is 12.6. The molecular formula is C10H15F2N3O2. The SMILES string of the molecule is Cn1cc(NC(=O)OC(C)(C)C)c(C(F)F)n1. The molecule has 0 saturated heterocycles. The van der Waals surface area contributed by atoms with Crippen molar-refractivity contribution in [1.29, 1.82) is 0 Å².